The van der Waals surface area contributed by atoms with Crippen molar-refractivity contribution in [1.29, 1.82) is 0 Å². The Labute approximate surface area is 135 Å². The second-order valence-electron chi connectivity index (χ2n) is 4.24. The highest BCUT2D eigenvalue weighted by Crippen LogP contribution is 2.35. The number of halogens is 3. The summed E-state index contributed by atoms with van der Waals surface area (Å²) in [5.41, 5.74) is 0.667. The normalized spacial score (nSPS) is 12.3. The number of carbonyl (C=O) groups excluding carboxylic acids is 1. The van der Waals surface area contributed by atoms with Gasteiger partial charge >= 0.3 is 0 Å². The number of hydrogen-bond donors (Lipinski definition) is 1. The molecule has 2 aromatic rings. The Bertz CT molecular complexity index is 734. The van der Waals surface area contributed by atoms with Gasteiger partial charge in [-0.1, -0.05) is 34.8 Å². The third-order valence-corrected chi connectivity index (χ3v) is 4.02. The van der Waals surface area contributed by atoms with Gasteiger partial charge in [0.15, 0.2) is 11.5 Å². The van der Waals surface area contributed by atoms with Gasteiger partial charge in [-0.3, -0.25) is 4.79 Å². The van der Waals surface area contributed by atoms with E-state index in [1.807, 2.05) is 0 Å². The third kappa shape index (κ3) is 2.75. The van der Waals surface area contributed by atoms with Crippen LogP contribution in [0, 0.1) is 0 Å². The highest BCUT2D eigenvalue weighted by atomic mass is 35.5. The van der Waals surface area contributed by atoms with Gasteiger partial charge in [-0.25, -0.2) is 0 Å². The molecule has 1 heterocycles. The van der Waals surface area contributed by atoms with Gasteiger partial charge < -0.3 is 14.8 Å². The molecule has 0 spiro atoms. The first-order valence-corrected chi connectivity index (χ1v) is 7.04. The van der Waals surface area contributed by atoms with E-state index in [2.05, 4.69) is 5.32 Å². The number of rotatable bonds is 2. The summed E-state index contributed by atoms with van der Waals surface area (Å²) in [7, 11) is 0. The number of amides is 1. The van der Waals surface area contributed by atoms with Gasteiger partial charge in [0.25, 0.3) is 5.91 Å². The molecule has 0 fully saturated rings. The summed E-state index contributed by atoms with van der Waals surface area (Å²) in [6.07, 6.45) is 0. The summed E-state index contributed by atoms with van der Waals surface area (Å²) in [6, 6.07) is 8.11. The van der Waals surface area contributed by atoms with Gasteiger partial charge in [-0.05, 0) is 24.3 Å². The molecule has 2 aromatic carbocycles. The molecule has 0 bridgehead atoms. The van der Waals surface area contributed by atoms with Crippen LogP contribution in [-0.2, 0) is 0 Å². The first-order chi connectivity index (χ1) is 10.1. The minimum atomic E-state index is -0.452. The van der Waals surface area contributed by atoms with Crippen molar-refractivity contribution in [3.05, 3.63) is 51.0 Å². The molecule has 0 unspecified atom stereocenters. The summed E-state index contributed by atoms with van der Waals surface area (Å²) in [6.45, 7) is 0.165. The van der Waals surface area contributed by atoms with E-state index in [-0.39, 0.29) is 27.4 Å². The Morgan fingerprint density at radius 3 is 2.52 bits per heavy atom. The van der Waals surface area contributed by atoms with Crippen LogP contribution in [0.15, 0.2) is 30.3 Å². The number of fused-ring (bicyclic) bond motifs is 1. The first-order valence-electron chi connectivity index (χ1n) is 5.91. The molecular weight excluding hydrogens is 337 g/mol. The summed E-state index contributed by atoms with van der Waals surface area (Å²) in [5, 5.41) is 3.29. The van der Waals surface area contributed by atoms with E-state index in [1.165, 1.54) is 12.1 Å². The summed E-state index contributed by atoms with van der Waals surface area (Å²) >= 11 is 17.9. The molecule has 0 radical (unpaired) electrons. The molecule has 21 heavy (non-hydrogen) atoms. The monoisotopic (exact) mass is 343 g/mol. The van der Waals surface area contributed by atoms with Crippen molar-refractivity contribution in [2.75, 3.05) is 12.1 Å². The average Bonchev–Trinajstić information content (AvgIpc) is 2.91. The predicted octanol–water partition coefficient (Wildman–Crippen LogP) is 4.63. The van der Waals surface area contributed by atoms with Crippen LogP contribution in [0.3, 0.4) is 0 Å². The van der Waals surface area contributed by atoms with Crippen LogP contribution in [0.2, 0.25) is 15.1 Å². The lowest BCUT2D eigenvalue weighted by atomic mass is 10.2. The molecule has 0 aliphatic carbocycles. The minimum absolute atomic E-state index is 0.113. The lowest BCUT2D eigenvalue weighted by Crippen LogP contribution is -2.13. The summed E-state index contributed by atoms with van der Waals surface area (Å²) in [4.78, 5) is 12.3. The van der Waals surface area contributed by atoms with Crippen molar-refractivity contribution >= 4 is 46.4 Å². The molecule has 0 saturated carbocycles. The maximum Gasteiger partial charge on any atom is 0.258 e. The van der Waals surface area contributed by atoms with E-state index in [4.69, 9.17) is 44.3 Å². The van der Waals surface area contributed by atoms with Crippen molar-refractivity contribution in [1.82, 2.24) is 0 Å². The Kier molecular flexibility index (Phi) is 3.85. The number of benzene rings is 2. The Morgan fingerprint density at radius 1 is 1.00 bits per heavy atom. The van der Waals surface area contributed by atoms with Crippen LogP contribution in [0.25, 0.3) is 0 Å². The van der Waals surface area contributed by atoms with E-state index in [0.717, 1.165) is 0 Å². The molecule has 1 amide bonds. The van der Waals surface area contributed by atoms with Crippen molar-refractivity contribution in [2.24, 2.45) is 0 Å². The molecule has 0 atom stereocenters. The van der Waals surface area contributed by atoms with E-state index < -0.39 is 5.91 Å². The van der Waals surface area contributed by atoms with Crippen molar-refractivity contribution in [2.45, 2.75) is 0 Å². The Morgan fingerprint density at radius 2 is 1.71 bits per heavy atom. The van der Waals surface area contributed by atoms with E-state index in [0.29, 0.717) is 17.2 Å². The van der Waals surface area contributed by atoms with Gasteiger partial charge in [0.1, 0.15) is 0 Å². The molecular formula is C14H8Cl3NO3. The molecule has 1 N–H and O–H groups in total. The smallest absolute Gasteiger partial charge is 0.258 e. The van der Waals surface area contributed by atoms with Gasteiger partial charge in [0, 0.05) is 11.8 Å². The second kappa shape index (κ2) is 5.64. The lowest BCUT2D eigenvalue weighted by Gasteiger charge is -2.10. The maximum atomic E-state index is 12.3. The fraction of sp³-hybridized carbons (Fsp3) is 0.0714. The zero-order chi connectivity index (χ0) is 15.0. The molecule has 4 nitrogen and oxygen atoms in total. The van der Waals surface area contributed by atoms with E-state index >= 15 is 0 Å². The van der Waals surface area contributed by atoms with Crippen LogP contribution in [0.5, 0.6) is 11.5 Å². The van der Waals surface area contributed by atoms with Gasteiger partial charge in [-0.15, -0.1) is 0 Å². The number of ether oxygens (including phenoxy) is 2. The molecule has 1 aliphatic heterocycles. The van der Waals surface area contributed by atoms with Crippen molar-refractivity contribution in [3.63, 3.8) is 0 Å². The SMILES string of the molecule is O=C(Nc1ccc2c(c1)OCO2)c1c(Cl)ccc(Cl)c1Cl. The summed E-state index contributed by atoms with van der Waals surface area (Å²) < 4.78 is 10.4. The van der Waals surface area contributed by atoms with E-state index in [9.17, 15) is 4.79 Å². The molecule has 0 saturated heterocycles. The molecule has 3 rings (SSSR count). The van der Waals surface area contributed by atoms with Crippen LogP contribution in [0.4, 0.5) is 5.69 Å². The van der Waals surface area contributed by atoms with E-state index in [1.54, 1.807) is 18.2 Å². The van der Waals surface area contributed by atoms with Gasteiger partial charge in [0.05, 0.1) is 20.6 Å². The van der Waals surface area contributed by atoms with Crippen LogP contribution in [0.1, 0.15) is 10.4 Å². The topological polar surface area (TPSA) is 47.6 Å². The fourth-order valence-corrected chi connectivity index (χ4v) is 2.60. The number of carbonyl (C=O) groups is 1. The standard InChI is InChI=1S/C14H8Cl3NO3/c15-8-2-3-9(16)13(17)12(8)14(19)18-7-1-4-10-11(5-7)21-6-20-10/h1-5H,6H2,(H,18,19). The number of hydrogen-bond acceptors (Lipinski definition) is 3. The number of anilines is 1. The van der Waals surface area contributed by atoms with Crippen LogP contribution >= 0.6 is 34.8 Å². The Hall–Kier alpha value is -1.62. The predicted molar refractivity (Wildman–Crippen MR) is 82.0 cm³/mol. The van der Waals surface area contributed by atoms with Gasteiger partial charge in [-0.2, -0.15) is 0 Å². The highest BCUT2D eigenvalue weighted by molar-refractivity contribution is 6.46. The molecule has 108 valence electrons. The van der Waals surface area contributed by atoms with Crippen molar-refractivity contribution < 1.29 is 14.3 Å². The largest absolute Gasteiger partial charge is 0.454 e. The first kappa shape index (κ1) is 14.3. The lowest BCUT2D eigenvalue weighted by molar-refractivity contribution is 0.102. The van der Waals surface area contributed by atoms with Crippen LogP contribution in [-0.4, -0.2) is 12.7 Å². The quantitative estimate of drug-likeness (QED) is 0.808. The molecule has 7 heteroatoms. The molecule has 1 aliphatic rings. The fourth-order valence-electron chi connectivity index (χ4n) is 1.90. The van der Waals surface area contributed by atoms with Gasteiger partial charge in [0.2, 0.25) is 6.79 Å². The minimum Gasteiger partial charge on any atom is -0.454 e. The Balaban J connectivity index is 1.89. The highest BCUT2D eigenvalue weighted by Gasteiger charge is 2.19. The second-order valence-corrected chi connectivity index (χ2v) is 5.43. The number of nitrogens with one attached hydrogen (secondary N) is 1. The zero-order valence-electron chi connectivity index (χ0n) is 10.5. The van der Waals surface area contributed by atoms with Crippen LogP contribution < -0.4 is 14.8 Å². The zero-order valence-corrected chi connectivity index (χ0v) is 12.7. The third-order valence-electron chi connectivity index (χ3n) is 2.90. The maximum absolute atomic E-state index is 12.3. The average molecular weight is 345 g/mol. The summed E-state index contributed by atoms with van der Waals surface area (Å²) in [5.74, 6) is 0.745. The van der Waals surface area contributed by atoms with Crippen molar-refractivity contribution in [3.8, 4) is 11.5 Å². The molecule has 0 aromatic heterocycles.